The summed E-state index contributed by atoms with van der Waals surface area (Å²) >= 11 is 0. The molecule has 1 atom stereocenters. The molecule has 0 aromatic heterocycles. The summed E-state index contributed by atoms with van der Waals surface area (Å²) in [6.45, 7) is 4.22. The molecule has 108 valence electrons. The maximum atomic E-state index is 12.3. The number of carbonyl (C=O) groups excluding carboxylic acids is 1. The molecule has 4 heteroatoms. The van der Waals surface area contributed by atoms with Crippen LogP contribution in [-0.2, 0) is 4.79 Å². The first-order chi connectivity index (χ1) is 10.1. The SMILES string of the molecule is Cc1cccc(NC(=O)C2COc3ccccc3O2)c1C. The highest BCUT2D eigenvalue weighted by Crippen LogP contribution is 2.31. The van der Waals surface area contributed by atoms with Crippen molar-refractivity contribution >= 4 is 11.6 Å². The summed E-state index contributed by atoms with van der Waals surface area (Å²) < 4.78 is 11.3. The Morgan fingerprint density at radius 2 is 1.86 bits per heavy atom. The van der Waals surface area contributed by atoms with E-state index in [1.807, 2.05) is 50.2 Å². The number of rotatable bonds is 2. The zero-order valence-corrected chi connectivity index (χ0v) is 12.1. The second-order valence-corrected chi connectivity index (χ2v) is 5.10. The predicted molar refractivity (Wildman–Crippen MR) is 80.9 cm³/mol. The van der Waals surface area contributed by atoms with Gasteiger partial charge in [0.25, 0.3) is 5.91 Å². The van der Waals surface area contributed by atoms with Crippen LogP contribution in [0, 0.1) is 13.8 Å². The number of ether oxygens (including phenoxy) is 2. The maximum absolute atomic E-state index is 12.3. The molecule has 0 spiro atoms. The van der Waals surface area contributed by atoms with Gasteiger partial charge in [0.15, 0.2) is 11.5 Å². The summed E-state index contributed by atoms with van der Waals surface area (Å²) in [5.74, 6) is 1.08. The van der Waals surface area contributed by atoms with E-state index in [9.17, 15) is 4.79 Å². The summed E-state index contributed by atoms with van der Waals surface area (Å²) in [5.41, 5.74) is 3.00. The Kier molecular flexibility index (Phi) is 3.52. The van der Waals surface area contributed by atoms with Crippen molar-refractivity contribution in [3.8, 4) is 11.5 Å². The number of fused-ring (bicyclic) bond motifs is 1. The second kappa shape index (κ2) is 5.48. The van der Waals surface area contributed by atoms with Crippen molar-refractivity contribution in [2.45, 2.75) is 20.0 Å². The largest absolute Gasteiger partial charge is 0.485 e. The van der Waals surface area contributed by atoms with Crippen molar-refractivity contribution in [2.24, 2.45) is 0 Å². The maximum Gasteiger partial charge on any atom is 0.269 e. The van der Waals surface area contributed by atoms with Crippen LogP contribution in [0.1, 0.15) is 11.1 Å². The third kappa shape index (κ3) is 2.70. The molecule has 1 N–H and O–H groups in total. The number of anilines is 1. The molecule has 1 aliphatic rings. The molecule has 0 radical (unpaired) electrons. The van der Waals surface area contributed by atoms with Gasteiger partial charge >= 0.3 is 0 Å². The number of hydrogen-bond acceptors (Lipinski definition) is 3. The van der Waals surface area contributed by atoms with Crippen LogP contribution < -0.4 is 14.8 Å². The average Bonchev–Trinajstić information content (AvgIpc) is 2.51. The van der Waals surface area contributed by atoms with Crippen LogP contribution in [0.4, 0.5) is 5.69 Å². The van der Waals surface area contributed by atoms with Crippen LogP contribution in [0.3, 0.4) is 0 Å². The van der Waals surface area contributed by atoms with E-state index < -0.39 is 6.10 Å². The van der Waals surface area contributed by atoms with Crippen molar-refractivity contribution in [1.29, 1.82) is 0 Å². The highest BCUT2D eigenvalue weighted by atomic mass is 16.6. The van der Waals surface area contributed by atoms with E-state index in [0.717, 1.165) is 16.8 Å². The lowest BCUT2D eigenvalue weighted by atomic mass is 10.1. The molecule has 2 aromatic rings. The summed E-state index contributed by atoms with van der Waals surface area (Å²) in [7, 11) is 0. The first-order valence-electron chi connectivity index (χ1n) is 6.91. The lowest BCUT2D eigenvalue weighted by molar-refractivity contribution is -0.125. The molecule has 1 unspecified atom stereocenters. The Morgan fingerprint density at radius 1 is 1.10 bits per heavy atom. The van der Waals surface area contributed by atoms with Crippen LogP contribution in [0.5, 0.6) is 11.5 Å². The van der Waals surface area contributed by atoms with Crippen LogP contribution in [0.2, 0.25) is 0 Å². The standard InChI is InChI=1S/C17H17NO3/c1-11-6-5-7-13(12(11)2)18-17(19)16-10-20-14-8-3-4-9-15(14)21-16/h3-9,16H,10H2,1-2H3,(H,18,19). The Bertz CT molecular complexity index is 681. The zero-order chi connectivity index (χ0) is 14.8. The third-order valence-electron chi connectivity index (χ3n) is 3.66. The van der Waals surface area contributed by atoms with Gasteiger partial charge in [-0.1, -0.05) is 24.3 Å². The smallest absolute Gasteiger partial charge is 0.269 e. The quantitative estimate of drug-likeness (QED) is 0.921. The minimum atomic E-state index is -0.639. The molecule has 4 nitrogen and oxygen atoms in total. The summed E-state index contributed by atoms with van der Waals surface area (Å²) in [6, 6.07) is 13.2. The van der Waals surface area contributed by atoms with Crippen LogP contribution in [0.15, 0.2) is 42.5 Å². The second-order valence-electron chi connectivity index (χ2n) is 5.10. The van der Waals surface area contributed by atoms with Gasteiger partial charge in [-0.3, -0.25) is 4.79 Å². The monoisotopic (exact) mass is 283 g/mol. The van der Waals surface area contributed by atoms with E-state index in [4.69, 9.17) is 9.47 Å². The Morgan fingerprint density at radius 3 is 2.67 bits per heavy atom. The molecular weight excluding hydrogens is 266 g/mol. The van der Waals surface area contributed by atoms with Gasteiger partial charge < -0.3 is 14.8 Å². The number of nitrogens with one attached hydrogen (secondary N) is 1. The first-order valence-corrected chi connectivity index (χ1v) is 6.91. The molecule has 0 saturated carbocycles. The Labute approximate surface area is 123 Å². The fraction of sp³-hybridized carbons (Fsp3) is 0.235. The van der Waals surface area contributed by atoms with E-state index in [-0.39, 0.29) is 12.5 Å². The normalized spacial score (nSPS) is 16.4. The molecule has 2 aromatic carbocycles. The van der Waals surface area contributed by atoms with Crippen molar-refractivity contribution in [1.82, 2.24) is 0 Å². The highest BCUT2D eigenvalue weighted by Gasteiger charge is 2.27. The highest BCUT2D eigenvalue weighted by molar-refractivity contribution is 5.95. The third-order valence-corrected chi connectivity index (χ3v) is 3.66. The minimum Gasteiger partial charge on any atom is -0.485 e. The van der Waals surface area contributed by atoms with Crippen molar-refractivity contribution in [2.75, 3.05) is 11.9 Å². The van der Waals surface area contributed by atoms with Gasteiger partial charge in [0.2, 0.25) is 6.10 Å². The fourth-order valence-electron chi connectivity index (χ4n) is 2.25. The molecule has 21 heavy (non-hydrogen) atoms. The van der Waals surface area contributed by atoms with Crippen LogP contribution in [0.25, 0.3) is 0 Å². The molecule has 3 rings (SSSR count). The molecule has 1 heterocycles. The van der Waals surface area contributed by atoms with Crippen molar-refractivity contribution in [3.05, 3.63) is 53.6 Å². The summed E-state index contributed by atoms with van der Waals surface area (Å²) in [5, 5.41) is 2.91. The van der Waals surface area contributed by atoms with E-state index in [0.29, 0.717) is 11.5 Å². The van der Waals surface area contributed by atoms with E-state index >= 15 is 0 Å². The number of benzene rings is 2. The van der Waals surface area contributed by atoms with Crippen LogP contribution in [-0.4, -0.2) is 18.6 Å². The Balaban J connectivity index is 1.74. The van der Waals surface area contributed by atoms with Gasteiger partial charge in [0, 0.05) is 5.69 Å². The predicted octanol–water partition coefficient (Wildman–Crippen LogP) is 3.08. The number of amides is 1. The molecule has 0 saturated heterocycles. The lowest BCUT2D eigenvalue weighted by Crippen LogP contribution is -2.40. The van der Waals surface area contributed by atoms with Crippen LogP contribution >= 0.6 is 0 Å². The van der Waals surface area contributed by atoms with E-state index in [2.05, 4.69) is 5.32 Å². The molecular formula is C17H17NO3. The van der Waals surface area contributed by atoms with Gasteiger partial charge in [-0.05, 0) is 43.2 Å². The van der Waals surface area contributed by atoms with Gasteiger partial charge in [0.1, 0.15) is 6.61 Å². The molecule has 0 fully saturated rings. The number of para-hydroxylation sites is 2. The summed E-state index contributed by atoms with van der Waals surface area (Å²) in [4.78, 5) is 12.3. The number of carbonyl (C=O) groups is 1. The molecule has 0 aliphatic carbocycles. The number of aryl methyl sites for hydroxylation is 1. The van der Waals surface area contributed by atoms with Gasteiger partial charge in [-0.15, -0.1) is 0 Å². The van der Waals surface area contributed by atoms with E-state index in [1.165, 1.54) is 0 Å². The van der Waals surface area contributed by atoms with Gasteiger partial charge in [-0.25, -0.2) is 0 Å². The van der Waals surface area contributed by atoms with Crippen molar-refractivity contribution in [3.63, 3.8) is 0 Å². The molecule has 1 aliphatic heterocycles. The van der Waals surface area contributed by atoms with E-state index in [1.54, 1.807) is 6.07 Å². The lowest BCUT2D eigenvalue weighted by Gasteiger charge is -2.25. The van der Waals surface area contributed by atoms with Gasteiger partial charge in [0.05, 0.1) is 0 Å². The van der Waals surface area contributed by atoms with Crippen molar-refractivity contribution < 1.29 is 14.3 Å². The molecule has 0 bridgehead atoms. The topological polar surface area (TPSA) is 47.6 Å². The Hall–Kier alpha value is -2.49. The number of hydrogen-bond donors (Lipinski definition) is 1. The zero-order valence-electron chi connectivity index (χ0n) is 12.1. The summed E-state index contributed by atoms with van der Waals surface area (Å²) in [6.07, 6.45) is -0.639. The fourth-order valence-corrected chi connectivity index (χ4v) is 2.25. The molecule has 1 amide bonds. The first kappa shape index (κ1) is 13.5. The minimum absolute atomic E-state index is 0.196. The average molecular weight is 283 g/mol. The van der Waals surface area contributed by atoms with Gasteiger partial charge in [-0.2, -0.15) is 0 Å².